The molecule has 2 aromatic heterocycles. The van der Waals surface area contributed by atoms with E-state index in [-0.39, 0.29) is 0 Å². The molecule has 0 radical (unpaired) electrons. The molecule has 6 heteroatoms. The molecule has 4 rings (SSSR count). The molecule has 0 saturated heterocycles. The highest BCUT2D eigenvalue weighted by atomic mass is 32.1. The summed E-state index contributed by atoms with van der Waals surface area (Å²) < 4.78 is 11.0. The Hall–Kier alpha value is -3.12. The van der Waals surface area contributed by atoms with E-state index in [9.17, 15) is 0 Å². The van der Waals surface area contributed by atoms with E-state index in [1.807, 2.05) is 36.4 Å². The lowest BCUT2D eigenvalue weighted by molar-refractivity contribution is 0.309. The largest absolute Gasteiger partial charge is 0.497 e. The SMILES string of the molecule is CCCCOc1ccc(Nc2ncnc3scc(-c4ccc(OC)cc4)c23)cc1. The molecule has 148 valence electrons. The van der Waals surface area contributed by atoms with Crippen molar-refractivity contribution in [1.29, 1.82) is 0 Å². The van der Waals surface area contributed by atoms with Crippen LogP contribution in [-0.4, -0.2) is 23.7 Å². The molecule has 2 aromatic carbocycles. The number of aromatic nitrogens is 2. The quantitative estimate of drug-likeness (QED) is 0.349. The van der Waals surface area contributed by atoms with E-state index >= 15 is 0 Å². The van der Waals surface area contributed by atoms with Gasteiger partial charge in [0.1, 0.15) is 28.5 Å². The monoisotopic (exact) mass is 405 g/mol. The van der Waals surface area contributed by atoms with Crippen LogP contribution in [0.4, 0.5) is 11.5 Å². The smallest absolute Gasteiger partial charge is 0.143 e. The van der Waals surface area contributed by atoms with Gasteiger partial charge in [-0.25, -0.2) is 9.97 Å². The molecule has 0 aliphatic heterocycles. The van der Waals surface area contributed by atoms with Crippen LogP contribution in [0.3, 0.4) is 0 Å². The highest BCUT2D eigenvalue weighted by molar-refractivity contribution is 7.17. The van der Waals surface area contributed by atoms with Gasteiger partial charge in [0.2, 0.25) is 0 Å². The standard InChI is InChI=1S/C23H23N3O2S/c1-3-4-13-28-19-11-7-17(8-12-19)26-22-21-20(14-29-23(21)25-15-24-22)16-5-9-18(27-2)10-6-16/h5-12,14-15H,3-4,13H2,1-2H3,(H,24,25,26). The number of rotatable bonds is 8. The van der Waals surface area contributed by atoms with Crippen LogP contribution in [0.2, 0.25) is 0 Å². The molecule has 0 aliphatic carbocycles. The van der Waals surface area contributed by atoms with Crippen LogP contribution in [-0.2, 0) is 0 Å². The molecule has 0 aliphatic rings. The summed E-state index contributed by atoms with van der Waals surface area (Å²) in [5.41, 5.74) is 3.17. The lowest BCUT2D eigenvalue weighted by atomic mass is 10.1. The van der Waals surface area contributed by atoms with Crippen LogP contribution >= 0.6 is 11.3 Å². The Morgan fingerprint density at radius 1 is 0.966 bits per heavy atom. The number of anilines is 2. The van der Waals surface area contributed by atoms with Crippen molar-refractivity contribution in [1.82, 2.24) is 9.97 Å². The summed E-state index contributed by atoms with van der Waals surface area (Å²) in [6.07, 6.45) is 3.78. The minimum Gasteiger partial charge on any atom is -0.497 e. The van der Waals surface area contributed by atoms with Gasteiger partial charge in [0.15, 0.2) is 0 Å². The van der Waals surface area contributed by atoms with Crippen LogP contribution in [0.25, 0.3) is 21.3 Å². The summed E-state index contributed by atoms with van der Waals surface area (Å²) >= 11 is 1.61. The first kappa shape index (κ1) is 19.2. The molecule has 4 aromatic rings. The van der Waals surface area contributed by atoms with Gasteiger partial charge in [-0.2, -0.15) is 0 Å². The third-order valence-corrected chi connectivity index (χ3v) is 5.54. The van der Waals surface area contributed by atoms with Gasteiger partial charge in [0.25, 0.3) is 0 Å². The average molecular weight is 406 g/mol. The molecule has 29 heavy (non-hydrogen) atoms. The first-order chi connectivity index (χ1) is 14.3. The summed E-state index contributed by atoms with van der Waals surface area (Å²) in [5.74, 6) is 2.51. The predicted molar refractivity (Wildman–Crippen MR) is 120 cm³/mol. The van der Waals surface area contributed by atoms with E-state index < -0.39 is 0 Å². The second-order valence-corrected chi connectivity index (χ2v) is 7.49. The lowest BCUT2D eigenvalue weighted by Gasteiger charge is -2.10. The van der Waals surface area contributed by atoms with E-state index in [4.69, 9.17) is 9.47 Å². The molecular weight excluding hydrogens is 382 g/mol. The van der Waals surface area contributed by atoms with Crippen molar-refractivity contribution in [3.8, 4) is 22.6 Å². The molecule has 0 spiro atoms. The van der Waals surface area contributed by atoms with Gasteiger partial charge in [0, 0.05) is 16.6 Å². The van der Waals surface area contributed by atoms with Gasteiger partial charge in [0.05, 0.1) is 19.1 Å². The van der Waals surface area contributed by atoms with E-state index in [1.54, 1.807) is 24.8 Å². The Morgan fingerprint density at radius 2 is 1.72 bits per heavy atom. The van der Waals surface area contributed by atoms with Crippen LogP contribution < -0.4 is 14.8 Å². The second kappa shape index (κ2) is 8.92. The van der Waals surface area contributed by atoms with Gasteiger partial charge < -0.3 is 14.8 Å². The van der Waals surface area contributed by atoms with Crippen LogP contribution in [0.1, 0.15) is 19.8 Å². The number of fused-ring (bicyclic) bond motifs is 1. The summed E-state index contributed by atoms with van der Waals surface area (Å²) in [7, 11) is 1.67. The number of hydrogen-bond acceptors (Lipinski definition) is 6. The topological polar surface area (TPSA) is 56.3 Å². The Morgan fingerprint density at radius 3 is 2.45 bits per heavy atom. The lowest BCUT2D eigenvalue weighted by Crippen LogP contribution is -1.98. The van der Waals surface area contributed by atoms with Gasteiger partial charge >= 0.3 is 0 Å². The van der Waals surface area contributed by atoms with Crippen LogP contribution in [0.5, 0.6) is 11.5 Å². The van der Waals surface area contributed by atoms with Crippen LogP contribution in [0.15, 0.2) is 60.2 Å². The number of benzene rings is 2. The Balaban J connectivity index is 1.61. The van der Waals surface area contributed by atoms with Gasteiger partial charge in [-0.1, -0.05) is 25.5 Å². The number of hydrogen-bond donors (Lipinski definition) is 1. The maximum Gasteiger partial charge on any atom is 0.143 e. The first-order valence-corrected chi connectivity index (χ1v) is 10.5. The normalized spacial score (nSPS) is 10.8. The Kier molecular flexibility index (Phi) is 5.91. The summed E-state index contributed by atoms with van der Waals surface area (Å²) in [6.45, 7) is 2.90. The molecule has 0 amide bonds. The fourth-order valence-electron chi connectivity index (χ4n) is 3.06. The number of methoxy groups -OCH3 is 1. The van der Waals surface area contributed by atoms with E-state index in [0.717, 1.165) is 63.8 Å². The minimum absolute atomic E-state index is 0.746. The third-order valence-electron chi connectivity index (χ3n) is 4.65. The second-order valence-electron chi connectivity index (χ2n) is 6.63. The summed E-state index contributed by atoms with van der Waals surface area (Å²) in [4.78, 5) is 9.90. The predicted octanol–water partition coefficient (Wildman–Crippen LogP) is 6.29. The third kappa shape index (κ3) is 4.32. The molecule has 2 heterocycles. The highest BCUT2D eigenvalue weighted by Gasteiger charge is 2.13. The molecule has 0 unspecified atom stereocenters. The number of ether oxygens (including phenoxy) is 2. The molecule has 0 fully saturated rings. The molecule has 1 N–H and O–H groups in total. The van der Waals surface area contributed by atoms with Crippen molar-refractivity contribution in [3.63, 3.8) is 0 Å². The van der Waals surface area contributed by atoms with Crippen molar-refractivity contribution in [2.75, 3.05) is 19.0 Å². The Labute approximate surface area is 174 Å². The first-order valence-electron chi connectivity index (χ1n) is 9.65. The summed E-state index contributed by atoms with van der Waals surface area (Å²) in [5, 5.41) is 6.58. The number of nitrogens with one attached hydrogen (secondary N) is 1. The molecule has 0 atom stereocenters. The zero-order valence-electron chi connectivity index (χ0n) is 16.5. The number of thiophene rings is 1. The molecule has 5 nitrogen and oxygen atoms in total. The van der Waals surface area contributed by atoms with Gasteiger partial charge in [-0.15, -0.1) is 11.3 Å². The van der Waals surface area contributed by atoms with Gasteiger partial charge in [-0.05, 0) is 48.4 Å². The maximum atomic E-state index is 5.74. The summed E-state index contributed by atoms with van der Waals surface area (Å²) in [6, 6.07) is 16.0. The van der Waals surface area contributed by atoms with Crippen molar-refractivity contribution in [2.24, 2.45) is 0 Å². The number of nitrogens with zero attached hydrogens (tertiary/aromatic N) is 2. The average Bonchev–Trinajstić information content (AvgIpc) is 3.20. The van der Waals surface area contributed by atoms with Crippen molar-refractivity contribution in [3.05, 3.63) is 60.2 Å². The van der Waals surface area contributed by atoms with Crippen molar-refractivity contribution >= 4 is 33.1 Å². The fourth-order valence-corrected chi connectivity index (χ4v) is 3.97. The molecule has 0 bridgehead atoms. The fraction of sp³-hybridized carbons (Fsp3) is 0.217. The van der Waals surface area contributed by atoms with Gasteiger partial charge in [-0.3, -0.25) is 0 Å². The van der Waals surface area contributed by atoms with Crippen LogP contribution in [0, 0.1) is 0 Å². The number of unbranched alkanes of at least 4 members (excludes halogenated alkanes) is 1. The van der Waals surface area contributed by atoms with Crippen molar-refractivity contribution in [2.45, 2.75) is 19.8 Å². The molecular formula is C23H23N3O2S. The molecule has 0 saturated carbocycles. The van der Waals surface area contributed by atoms with E-state index in [1.165, 1.54) is 0 Å². The highest BCUT2D eigenvalue weighted by Crippen LogP contribution is 2.38. The van der Waals surface area contributed by atoms with E-state index in [0.29, 0.717) is 0 Å². The zero-order chi connectivity index (χ0) is 20.1. The van der Waals surface area contributed by atoms with Crippen molar-refractivity contribution < 1.29 is 9.47 Å². The Bertz CT molecular complexity index is 1080. The van der Waals surface area contributed by atoms with E-state index in [2.05, 4.69) is 39.7 Å². The maximum absolute atomic E-state index is 5.74. The zero-order valence-corrected chi connectivity index (χ0v) is 17.3. The minimum atomic E-state index is 0.746.